The number of β-amino-alcohol motifs (C(OH)–C–C–N with tert-alkyl or cyclic N) is 1. The van der Waals surface area contributed by atoms with E-state index in [0.29, 0.717) is 30.7 Å². The third kappa shape index (κ3) is 4.57. The fraction of sp³-hybridized carbons (Fsp3) is 0.280. The SMILES string of the molecule is COc1cc(/C=C/C(=O)N2CCCC(O)(c3ccc(F)cc3)C2)ccc1-n1cnc(C)c1. The van der Waals surface area contributed by atoms with Crippen LogP contribution in [0, 0.1) is 12.7 Å². The van der Waals surface area contributed by atoms with Gasteiger partial charge in [-0.15, -0.1) is 0 Å². The van der Waals surface area contributed by atoms with Gasteiger partial charge < -0.3 is 19.3 Å². The van der Waals surface area contributed by atoms with Crippen LogP contribution in [0.5, 0.6) is 5.75 Å². The van der Waals surface area contributed by atoms with Crippen LogP contribution < -0.4 is 4.74 Å². The summed E-state index contributed by atoms with van der Waals surface area (Å²) in [5.41, 5.74) is 2.03. The normalized spacial score (nSPS) is 18.8. The zero-order chi connectivity index (χ0) is 22.7. The second-order valence-corrected chi connectivity index (χ2v) is 8.09. The summed E-state index contributed by atoms with van der Waals surface area (Å²) in [4.78, 5) is 18.7. The van der Waals surface area contributed by atoms with Crippen molar-refractivity contribution in [2.45, 2.75) is 25.4 Å². The van der Waals surface area contributed by atoms with Crippen LogP contribution in [-0.4, -0.2) is 45.7 Å². The molecule has 0 spiro atoms. The van der Waals surface area contributed by atoms with Crippen molar-refractivity contribution in [3.05, 3.63) is 83.7 Å². The fourth-order valence-corrected chi connectivity index (χ4v) is 4.06. The molecular formula is C25H26FN3O3. The fourth-order valence-electron chi connectivity index (χ4n) is 4.06. The molecule has 1 amide bonds. The highest BCUT2D eigenvalue weighted by Crippen LogP contribution is 2.32. The Morgan fingerprint density at radius 3 is 2.72 bits per heavy atom. The van der Waals surface area contributed by atoms with Gasteiger partial charge in [-0.25, -0.2) is 9.37 Å². The van der Waals surface area contributed by atoms with Crippen LogP contribution in [-0.2, 0) is 10.4 Å². The molecule has 6 nitrogen and oxygen atoms in total. The first kappa shape index (κ1) is 21.8. The molecule has 2 heterocycles. The van der Waals surface area contributed by atoms with Gasteiger partial charge in [0.2, 0.25) is 5.91 Å². The summed E-state index contributed by atoms with van der Waals surface area (Å²) < 4.78 is 20.7. The molecule has 1 aliphatic rings. The summed E-state index contributed by atoms with van der Waals surface area (Å²) in [6.45, 7) is 2.66. The van der Waals surface area contributed by atoms with Gasteiger partial charge in [-0.05, 0) is 61.2 Å². The van der Waals surface area contributed by atoms with Crippen LogP contribution in [0.2, 0.25) is 0 Å². The molecule has 0 bridgehead atoms. The molecule has 7 heteroatoms. The van der Waals surface area contributed by atoms with Crippen LogP contribution in [0.15, 0.2) is 61.1 Å². The monoisotopic (exact) mass is 435 g/mol. The summed E-state index contributed by atoms with van der Waals surface area (Å²) in [5, 5.41) is 11.1. The van der Waals surface area contributed by atoms with Gasteiger partial charge in [0.15, 0.2) is 0 Å². The Bertz CT molecular complexity index is 1140. The first-order valence-electron chi connectivity index (χ1n) is 10.5. The topological polar surface area (TPSA) is 67.6 Å². The highest BCUT2D eigenvalue weighted by atomic mass is 19.1. The molecule has 0 radical (unpaired) electrons. The first-order chi connectivity index (χ1) is 15.4. The number of hydrogen-bond acceptors (Lipinski definition) is 4. The zero-order valence-electron chi connectivity index (χ0n) is 18.2. The molecule has 1 aliphatic heterocycles. The Labute approximate surface area is 186 Å². The lowest BCUT2D eigenvalue weighted by atomic mass is 9.85. The highest BCUT2D eigenvalue weighted by molar-refractivity contribution is 5.92. The number of carbonyl (C=O) groups is 1. The second-order valence-electron chi connectivity index (χ2n) is 8.09. The number of halogens is 1. The molecule has 1 unspecified atom stereocenters. The standard InChI is InChI=1S/C25H26FN3O3/c1-18-15-29(17-27-18)22-10-4-19(14-23(22)32-2)5-11-24(30)28-13-3-12-25(31,16-28)20-6-8-21(26)9-7-20/h4-11,14-15,17,31H,3,12-13,16H2,1-2H3/b11-5+. The molecule has 1 N–H and O–H groups in total. The van der Waals surface area contributed by atoms with E-state index in [-0.39, 0.29) is 18.3 Å². The lowest BCUT2D eigenvalue weighted by Crippen LogP contribution is -2.48. The van der Waals surface area contributed by atoms with Crippen LogP contribution in [0.25, 0.3) is 11.8 Å². The smallest absolute Gasteiger partial charge is 0.246 e. The van der Waals surface area contributed by atoms with E-state index in [2.05, 4.69) is 4.98 Å². The zero-order valence-corrected chi connectivity index (χ0v) is 18.2. The number of carbonyl (C=O) groups excluding carboxylic acids is 1. The van der Waals surface area contributed by atoms with Crippen molar-refractivity contribution >= 4 is 12.0 Å². The maximum Gasteiger partial charge on any atom is 0.246 e. The summed E-state index contributed by atoms with van der Waals surface area (Å²) in [6, 6.07) is 11.5. The van der Waals surface area contributed by atoms with Gasteiger partial charge >= 0.3 is 0 Å². The number of aromatic nitrogens is 2. The molecule has 0 aliphatic carbocycles. The number of ether oxygens (including phenoxy) is 1. The number of nitrogens with zero attached hydrogens (tertiary/aromatic N) is 3. The van der Waals surface area contributed by atoms with Gasteiger partial charge in [0.05, 0.1) is 31.4 Å². The number of likely N-dealkylation sites (tertiary alicyclic amines) is 1. The average Bonchev–Trinajstić information content (AvgIpc) is 3.23. The minimum atomic E-state index is -1.18. The highest BCUT2D eigenvalue weighted by Gasteiger charge is 2.36. The van der Waals surface area contributed by atoms with Crippen molar-refractivity contribution in [1.82, 2.24) is 14.5 Å². The van der Waals surface area contributed by atoms with Crippen molar-refractivity contribution in [1.29, 1.82) is 0 Å². The molecule has 4 rings (SSSR count). The number of amides is 1. The van der Waals surface area contributed by atoms with Crippen molar-refractivity contribution < 1.29 is 19.0 Å². The van der Waals surface area contributed by atoms with Crippen molar-refractivity contribution in [3.8, 4) is 11.4 Å². The van der Waals surface area contributed by atoms with Crippen molar-refractivity contribution in [2.75, 3.05) is 20.2 Å². The average molecular weight is 435 g/mol. The Morgan fingerprint density at radius 1 is 1.25 bits per heavy atom. The van der Waals surface area contributed by atoms with E-state index in [0.717, 1.165) is 16.9 Å². The number of aryl methyl sites for hydroxylation is 1. The maximum atomic E-state index is 13.3. The predicted octanol–water partition coefficient (Wildman–Crippen LogP) is 3.85. The number of piperidine rings is 1. The molecule has 3 aromatic rings. The lowest BCUT2D eigenvalue weighted by Gasteiger charge is -2.39. The third-order valence-electron chi connectivity index (χ3n) is 5.78. The van der Waals surface area contributed by atoms with E-state index in [4.69, 9.17) is 4.74 Å². The first-order valence-corrected chi connectivity index (χ1v) is 10.5. The quantitative estimate of drug-likeness (QED) is 0.618. The molecular weight excluding hydrogens is 409 g/mol. The summed E-state index contributed by atoms with van der Waals surface area (Å²) in [6.07, 6.45) is 8.07. The molecule has 1 atom stereocenters. The third-order valence-corrected chi connectivity index (χ3v) is 5.78. The van der Waals surface area contributed by atoms with Gasteiger partial charge in [0.25, 0.3) is 0 Å². The molecule has 1 aromatic heterocycles. The Hall–Kier alpha value is -3.45. The molecule has 32 heavy (non-hydrogen) atoms. The molecule has 166 valence electrons. The van der Waals surface area contributed by atoms with Crippen molar-refractivity contribution in [3.63, 3.8) is 0 Å². The van der Waals surface area contributed by atoms with Crippen LogP contribution >= 0.6 is 0 Å². The Kier molecular flexibility index (Phi) is 6.10. The Morgan fingerprint density at radius 2 is 2.03 bits per heavy atom. The number of rotatable bonds is 5. The largest absolute Gasteiger partial charge is 0.495 e. The number of aliphatic hydroxyl groups is 1. The summed E-state index contributed by atoms with van der Waals surface area (Å²) in [7, 11) is 1.60. The van der Waals surface area contributed by atoms with Crippen molar-refractivity contribution in [2.24, 2.45) is 0 Å². The number of benzene rings is 2. The van der Waals surface area contributed by atoms with Gasteiger partial charge in [-0.1, -0.05) is 18.2 Å². The summed E-state index contributed by atoms with van der Waals surface area (Å²) in [5.74, 6) is 0.132. The molecule has 0 saturated carbocycles. The molecule has 2 aromatic carbocycles. The van der Waals surface area contributed by atoms with E-state index in [1.165, 1.54) is 18.2 Å². The predicted molar refractivity (Wildman–Crippen MR) is 120 cm³/mol. The summed E-state index contributed by atoms with van der Waals surface area (Å²) >= 11 is 0. The molecule has 1 saturated heterocycles. The van der Waals surface area contributed by atoms with E-state index in [9.17, 15) is 14.3 Å². The second kappa shape index (κ2) is 8.96. The number of imidazole rings is 1. The van der Waals surface area contributed by atoms with Gasteiger partial charge in [0.1, 0.15) is 17.2 Å². The van der Waals surface area contributed by atoms with Crippen LogP contribution in [0.3, 0.4) is 0 Å². The minimum Gasteiger partial charge on any atom is -0.495 e. The van der Waals surface area contributed by atoms with Gasteiger partial charge in [-0.3, -0.25) is 4.79 Å². The molecule has 1 fully saturated rings. The Balaban J connectivity index is 1.48. The number of hydrogen-bond donors (Lipinski definition) is 1. The van der Waals surface area contributed by atoms with E-state index in [1.807, 2.05) is 35.9 Å². The van der Waals surface area contributed by atoms with E-state index in [1.54, 1.807) is 36.5 Å². The lowest BCUT2D eigenvalue weighted by molar-refractivity contribution is -0.133. The number of methoxy groups -OCH3 is 1. The van der Waals surface area contributed by atoms with E-state index >= 15 is 0 Å². The van der Waals surface area contributed by atoms with Crippen LogP contribution in [0.4, 0.5) is 4.39 Å². The van der Waals surface area contributed by atoms with E-state index < -0.39 is 5.60 Å². The van der Waals surface area contributed by atoms with Crippen LogP contribution in [0.1, 0.15) is 29.7 Å². The van der Waals surface area contributed by atoms with Gasteiger partial charge in [0, 0.05) is 18.8 Å². The maximum absolute atomic E-state index is 13.3. The van der Waals surface area contributed by atoms with Gasteiger partial charge in [-0.2, -0.15) is 0 Å². The minimum absolute atomic E-state index is 0.171.